The average molecular weight is 496 g/mol. The molecule has 0 saturated heterocycles. The minimum atomic E-state index is -3.91. The summed E-state index contributed by atoms with van der Waals surface area (Å²) in [5.41, 5.74) is 0.403. The molecule has 33 heavy (non-hydrogen) atoms. The normalized spacial score (nSPS) is 13.8. The van der Waals surface area contributed by atoms with E-state index in [1.165, 1.54) is 60.3 Å². The molecule has 1 saturated carbocycles. The number of halogens is 3. The van der Waals surface area contributed by atoms with Crippen LogP contribution < -0.4 is 10.1 Å². The number of anilines is 1. The van der Waals surface area contributed by atoms with Gasteiger partial charge in [-0.3, -0.25) is 9.48 Å². The molecule has 2 aromatic carbocycles. The van der Waals surface area contributed by atoms with Gasteiger partial charge >= 0.3 is 0 Å². The molecule has 7 nitrogen and oxygen atoms in total. The number of nitrogens with one attached hydrogen (secondary N) is 1. The molecule has 0 bridgehead atoms. The quantitative estimate of drug-likeness (QED) is 0.483. The third-order valence-electron chi connectivity index (χ3n) is 5.18. The minimum absolute atomic E-state index is 0.0302. The first kappa shape index (κ1) is 23.2. The van der Waals surface area contributed by atoms with Gasteiger partial charge in [0.2, 0.25) is 15.7 Å². The van der Waals surface area contributed by atoms with Crippen LogP contribution in [-0.2, 0) is 21.2 Å². The van der Waals surface area contributed by atoms with Gasteiger partial charge in [0, 0.05) is 28.4 Å². The lowest BCUT2D eigenvalue weighted by molar-refractivity contribution is -0.117. The molecule has 1 amide bonds. The smallest absolute Gasteiger partial charge is 0.282 e. The summed E-state index contributed by atoms with van der Waals surface area (Å²) in [5.74, 6) is -0.201. The number of carbonyl (C=O) groups is 1. The molecule has 1 aliphatic rings. The molecule has 1 heterocycles. The first-order valence-corrected chi connectivity index (χ1v) is 11.9. The van der Waals surface area contributed by atoms with Gasteiger partial charge < -0.3 is 10.1 Å². The summed E-state index contributed by atoms with van der Waals surface area (Å²) in [6.07, 6.45) is -1.01. The Morgan fingerprint density at radius 3 is 2.48 bits per heavy atom. The molecule has 0 spiro atoms. The maximum absolute atomic E-state index is 13.1. The Morgan fingerprint density at radius 1 is 1.18 bits per heavy atom. The number of amides is 1. The van der Waals surface area contributed by atoms with Crippen LogP contribution in [0.2, 0.25) is 5.02 Å². The summed E-state index contributed by atoms with van der Waals surface area (Å²) in [6, 6.07) is 11.1. The summed E-state index contributed by atoms with van der Waals surface area (Å²) in [5, 5.41) is 6.87. The van der Waals surface area contributed by atoms with Crippen LogP contribution in [0.5, 0.6) is 5.75 Å². The third-order valence-corrected chi connectivity index (χ3v) is 7.18. The van der Waals surface area contributed by atoms with Crippen LogP contribution in [0.1, 0.15) is 36.6 Å². The number of ether oxygens (including phenoxy) is 1. The molecule has 1 N–H and O–H groups in total. The second kappa shape index (κ2) is 9.11. The van der Waals surface area contributed by atoms with E-state index in [0.717, 1.165) is 12.8 Å². The van der Waals surface area contributed by atoms with E-state index in [-0.39, 0.29) is 39.4 Å². The van der Waals surface area contributed by atoms with Gasteiger partial charge in [-0.1, -0.05) is 11.6 Å². The summed E-state index contributed by atoms with van der Waals surface area (Å²) in [4.78, 5) is 12.6. The lowest BCUT2D eigenvalue weighted by atomic mass is 10.2. The number of methoxy groups -OCH3 is 1. The topological polar surface area (TPSA) is 90.3 Å². The number of hydrogen-bond acceptors (Lipinski definition) is 5. The Labute approximate surface area is 194 Å². The number of nitrogens with zero attached hydrogens (tertiary/aromatic N) is 2. The third kappa shape index (κ3) is 5.17. The average Bonchev–Trinajstić information content (AvgIpc) is 3.53. The molecule has 1 aliphatic carbocycles. The van der Waals surface area contributed by atoms with E-state index in [1.807, 2.05) is 0 Å². The predicted molar refractivity (Wildman–Crippen MR) is 118 cm³/mol. The Morgan fingerprint density at radius 2 is 1.88 bits per heavy atom. The molecule has 1 aromatic heterocycles. The van der Waals surface area contributed by atoms with E-state index < -0.39 is 22.2 Å². The molecule has 11 heteroatoms. The highest BCUT2D eigenvalue weighted by atomic mass is 35.5. The zero-order valence-electron chi connectivity index (χ0n) is 17.5. The Hall–Kier alpha value is -2.98. The number of alkyl halides is 2. The maximum atomic E-state index is 13.1. The van der Waals surface area contributed by atoms with Crippen molar-refractivity contribution >= 4 is 33.0 Å². The highest BCUT2D eigenvalue weighted by Gasteiger charge is 2.30. The van der Waals surface area contributed by atoms with Crippen molar-refractivity contribution in [1.82, 2.24) is 9.78 Å². The maximum Gasteiger partial charge on any atom is 0.282 e. The molecule has 0 aliphatic heterocycles. The van der Waals surface area contributed by atoms with E-state index in [0.29, 0.717) is 10.7 Å². The number of hydrogen-bond donors (Lipinski definition) is 1. The van der Waals surface area contributed by atoms with Crippen molar-refractivity contribution in [1.29, 1.82) is 0 Å². The van der Waals surface area contributed by atoms with E-state index >= 15 is 0 Å². The van der Waals surface area contributed by atoms with Crippen molar-refractivity contribution in [3.05, 3.63) is 64.9 Å². The fraction of sp³-hybridized carbons (Fsp3) is 0.273. The van der Waals surface area contributed by atoms with E-state index in [1.54, 1.807) is 0 Å². The lowest BCUT2D eigenvalue weighted by Gasteiger charge is -2.12. The van der Waals surface area contributed by atoms with Crippen LogP contribution >= 0.6 is 11.6 Å². The summed E-state index contributed by atoms with van der Waals surface area (Å²) >= 11 is 5.85. The second-order valence-electron chi connectivity index (χ2n) is 7.63. The monoisotopic (exact) mass is 495 g/mol. The first-order chi connectivity index (χ1) is 15.7. The van der Waals surface area contributed by atoms with Crippen molar-refractivity contribution in [2.75, 3.05) is 12.4 Å². The van der Waals surface area contributed by atoms with Crippen LogP contribution in [0.4, 0.5) is 14.5 Å². The van der Waals surface area contributed by atoms with Crippen molar-refractivity contribution in [2.45, 2.75) is 41.5 Å². The Bertz CT molecular complexity index is 1290. The van der Waals surface area contributed by atoms with E-state index in [2.05, 4.69) is 10.4 Å². The molecule has 3 aromatic rings. The SMILES string of the molecule is COc1cc(NC(=O)Cn2nc(C(F)F)cc2C2CC2)cc(S(=O)(=O)c2ccc(Cl)cc2)c1. The molecule has 0 unspecified atom stereocenters. The minimum Gasteiger partial charge on any atom is -0.497 e. The number of rotatable bonds is 8. The van der Waals surface area contributed by atoms with Gasteiger partial charge in [0.1, 0.15) is 18.0 Å². The number of aromatic nitrogens is 2. The fourth-order valence-corrected chi connectivity index (χ4v) is 4.84. The van der Waals surface area contributed by atoms with Gasteiger partial charge in [0.05, 0.1) is 16.9 Å². The van der Waals surface area contributed by atoms with E-state index in [4.69, 9.17) is 16.3 Å². The molecule has 1 fully saturated rings. The van der Waals surface area contributed by atoms with Crippen LogP contribution in [0.25, 0.3) is 0 Å². The Kier molecular flexibility index (Phi) is 6.40. The second-order valence-corrected chi connectivity index (χ2v) is 10.0. The van der Waals surface area contributed by atoms with Crippen LogP contribution in [0, 0.1) is 0 Å². The summed E-state index contributed by atoms with van der Waals surface area (Å²) in [6.45, 7) is -0.283. The van der Waals surface area contributed by atoms with Crippen molar-refractivity contribution in [3.63, 3.8) is 0 Å². The highest BCUT2D eigenvalue weighted by Crippen LogP contribution is 2.41. The number of sulfone groups is 1. The van der Waals surface area contributed by atoms with Gasteiger partial charge in [-0.2, -0.15) is 5.10 Å². The standard InChI is InChI=1S/C22H20ClF2N3O4S/c1-32-16-8-15(9-18(10-16)33(30,31)17-6-4-14(23)5-7-17)26-21(29)12-28-20(13-2-3-13)11-19(27-28)22(24)25/h4-11,13,22H,2-3,12H2,1H3,(H,26,29). The van der Waals surface area contributed by atoms with E-state index in [9.17, 15) is 22.0 Å². The van der Waals surface area contributed by atoms with Gasteiger partial charge in [0.25, 0.3) is 6.43 Å². The summed E-state index contributed by atoms with van der Waals surface area (Å²) < 4.78 is 58.7. The van der Waals surface area contributed by atoms with Crippen LogP contribution in [0.3, 0.4) is 0 Å². The molecule has 0 atom stereocenters. The fourth-order valence-electron chi connectivity index (χ4n) is 3.40. The molecule has 174 valence electrons. The first-order valence-electron chi connectivity index (χ1n) is 10.0. The summed E-state index contributed by atoms with van der Waals surface area (Å²) in [7, 11) is -2.54. The van der Waals surface area contributed by atoms with Crippen molar-refractivity contribution in [3.8, 4) is 5.75 Å². The highest BCUT2D eigenvalue weighted by molar-refractivity contribution is 7.91. The van der Waals surface area contributed by atoms with Gasteiger partial charge in [-0.05, 0) is 55.3 Å². The lowest BCUT2D eigenvalue weighted by Crippen LogP contribution is -2.21. The van der Waals surface area contributed by atoms with Crippen LogP contribution in [0.15, 0.2) is 58.3 Å². The van der Waals surface area contributed by atoms with Crippen molar-refractivity contribution in [2.24, 2.45) is 0 Å². The number of benzene rings is 2. The zero-order valence-corrected chi connectivity index (χ0v) is 19.0. The zero-order chi connectivity index (χ0) is 23.8. The Balaban J connectivity index is 1.59. The molecular formula is C22H20ClF2N3O4S. The number of carbonyl (C=O) groups excluding carboxylic acids is 1. The van der Waals surface area contributed by atoms with Crippen molar-refractivity contribution < 1.29 is 26.7 Å². The molecule has 0 radical (unpaired) electrons. The van der Waals surface area contributed by atoms with Gasteiger partial charge in [0.15, 0.2) is 0 Å². The predicted octanol–water partition coefficient (Wildman–Crippen LogP) is 4.83. The molecule has 4 rings (SSSR count). The van der Waals surface area contributed by atoms with Gasteiger partial charge in [-0.15, -0.1) is 0 Å². The molecular weight excluding hydrogens is 476 g/mol. The van der Waals surface area contributed by atoms with Gasteiger partial charge in [-0.25, -0.2) is 17.2 Å². The largest absolute Gasteiger partial charge is 0.497 e. The van der Waals surface area contributed by atoms with Crippen LogP contribution in [-0.4, -0.2) is 31.2 Å².